The molecule has 0 radical (unpaired) electrons. The summed E-state index contributed by atoms with van der Waals surface area (Å²) in [5, 5.41) is 25.2. The summed E-state index contributed by atoms with van der Waals surface area (Å²) in [6.07, 6.45) is 3.93. The Morgan fingerprint density at radius 1 is 1.43 bits per heavy atom. The number of carbonyl (C=O) groups is 1. The number of carboxylic acids is 1. The van der Waals surface area contributed by atoms with Gasteiger partial charge in [-0.3, -0.25) is 4.79 Å². The topological polar surface area (TPSA) is 84.9 Å². The molecule has 0 aromatic carbocycles. The quantitative estimate of drug-likeness (QED) is 0.543. The normalized spacial score (nSPS) is 18.0. The van der Waals surface area contributed by atoms with Gasteiger partial charge in [-0.05, 0) is 5.41 Å². The molecule has 0 aliphatic carbocycles. The molecule has 0 amide bonds. The Balaban J connectivity index is 0.000000255. The van der Waals surface area contributed by atoms with E-state index in [1.807, 2.05) is 0 Å². The second kappa shape index (κ2) is 8.24. The van der Waals surface area contributed by atoms with Crippen molar-refractivity contribution in [3.8, 4) is 12.1 Å². The van der Waals surface area contributed by atoms with Gasteiger partial charge in [0.2, 0.25) is 0 Å². The van der Waals surface area contributed by atoms with Gasteiger partial charge >= 0.3 is 5.97 Å². The fourth-order valence-electron chi connectivity index (χ4n) is 0.425. The van der Waals surface area contributed by atoms with Gasteiger partial charge in [-0.1, -0.05) is 27.7 Å². The van der Waals surface area contributed by atoms with E-state index in [0.717, 1.165) is 12.2 Å². The van der Waals surface area contributed by atoms with Crippen LogP contribution in [0.5, 0.6) is 0 Å². The minimum Gasteiger partial charge on any atom is -0.480 e. The smallest absolute Gasteiger partial charge is 0.321 e. The minimum absolute atomic E-state index is 0.319. The SMILES string of the molecule is N#C/C=C\C#N.O=C(O)C1C=CSS1. The molecule has 6 heteroatoms. The summed E-state index contributed by atoms with van der Waals surface area (Å²) in [5.74, 6) is -0.753. The van der Waals surface area contributed by atoms with Crippen molar-refractivity contribution in [1.29, 1.82) is 10.5 Å². The van der Waals surface area contributed by atoms with Crippen LogP contribution in [0.2, 0.25) is 0 Å². The van der Waals surface area contributed by atoms with Crippen LogP contribution in [0.15, 0.2) is 23.6 Å². The number of carboxylic acid groups (broad SMARTS) is 1. The van der Waals surface area contributed by atoms with Crippen LogP contribution in [0.25, 0.3) is 0 Å². The second-order valence-corrected chi connectivity index (χ2v) is 4.19. The molecular weight excluding hydrogens is 220 g/mol. The molecule has 0 aromatic rings. The van der Waals surface area contributed by atoms with Gasteiger partial charge in [-0.2, -0.15) is 10.5 Å². The van der Waals surface area contributed by atoms with Crippen molar-refractivity contribution >= 4 is 27.6 Å². The number of aliphatic carboxylic acids is 1. The van der Waals surface area contributed by atoms with Gasteiger partial charge in [-0.25, -0.2) is 0 Å². The van der Waals surface area contributed by atoms with Gasteiger partial charge in [0.15, 0.2) is 0 Å². The Morgan fingerprint density at radius 2 is 2.00 bits per heavy atom. The Labute approximate surface area is 89.3 Å². The first kappa shape index (κ1) is 12.6. The van der Waals surface area contributed by atoms with Gasteiger partial charge in [0.1, 0.15) is 5.25 Å². The lowest BCUT2D eigenvalue weighted by atomic mass is 10.4. The maximum absolute atomic E-state index is 10.1. The molecule has 1 heterocycles. The Kier molecular flexibility index (Phi) is 7.43. The summed E-state index contributed by atoms with van der Waals surface area (Å²) >= 11 is 0. The van der Waals surface area contributed by atoms with E-state index in [4.69, 9.17) is 15.6 Å². The third-order valence-electron chi connectivity index (χ3n) is 0.944. The number of hydrogen-bond donors (Lipinski definition) is 1. The molecule has 1 rings (SSSR count). The van der Waals surface area contributed by atoms with Crippen LogP contribution >= 0.6 is 21.6 Å². The highest BCUT2D eigenvalue weighted by Crippen LogP contribution is 2.35. The zero-order valence-electron chi connectivity index (χ0n) is 6.95. The minimum atomic E-state index is -0.753. The van der Waals surface area contributed by atoms with Crippen molar-refractivity contribution < 1.29 is 9.90 Å². The highest BCUT2D eigenvalue weighted by molar-refractivity contribution is 8.78. The van der Waals surface area contributed by atoms with Gasteiger partial charge in [0, 0.05) is 12.2 Å². The Morgan fingerprint density at radius 3 is 2.21 bits per heavy atom. The molecule has 1 N–H and O–H groups in total. The summed E-state index contributed by atoms with van der Waals surface area (Å²) in [7, 11) is 2.82. The molecule has 0 saturated carbocycles. The van der Waals surface area contributed by atoms with Gasteiger partial charge in [-0.15, -0.1) is 0 Å². The Hall–Kier alpha value is -1.37. The van der Waals surface area contributed by atoms with Gasteiger partial charge in [0.25, 0.3) is 0 Å². The lowest BCUT2D eigenvalue weighted by Gasteiger charge is -1.94. The fraction of sp³-hybridized carbons (Fsp3) is 0.125. The average molecular weight is 226 g/mol. The summed E-state index contributed by atoms with van der Waals surface area (Å²) in [4.78, 5) is 10.1. The monoisotopic (exact) mass is 226 g/mol. The lowest BCUT2D eigenvalue weighted by Crippen LogP contribution is -2.09. The molecule has 0 fully saturated rings. The summed E-state index contributed by atoms with van der Waals surface area (Å²) in [6.45, 7) is 0. The van der Waals surface area contributed by atoms with Gasteiger partial charge in [0.05, 0.1) is 12.1 Å². The van der Waals surface area contributed by atoms with E-state index >= 15 is 0 Å². The maximum Gasteiger partial charge on any atom is 0.321 e. The van der Waals surface area contributed by atoms with E-state index in [0.29, 0.717) is 0 Å². The zero-order valence-corrected chi connectivity index (χ0v) is 8.59. The molecule has 0 aromatic heterocycles. The number of nitriles is 2. The molecule has 0 spiro atoms. The van der Waals surface area contributed by atoms with Crippen LogP contribution in [0.1, 0.15) is 0 Å². The first-order valence-electron chi connectivity index (χ1n) is 3.38. The Bertz CT molecular complexity index is 309. The fourth-order valence-corrected chi connectivity index (χ4v) is 2.34. The van der Waals surface area contributed by atoms with E-state index in [2.05, 4.69) is 0 Å². The zero-order chi connectivity index (χ0) is 10.8. The number of allylic oxidation sites excluding steroid dienone is 2. The molecule has 4 nitrogen and oxygen atoms in total. The molecule has 14 heavy (non-hydrogen) atoms. The molecule has 72 valence electrons. The summed E-state index contributed by atoms with van der Waals surface area (Å²) in [6, 6.07) is 3.33. The van der Waals surface area contributed by atoms with Crippen molar-refractivity contribution in [2.75, 3.05) is 0 Å². The predicted molar refractivity (Wildman–Crippen MR) is 56.1 cm³/mol. The van der Waals surface area contributed by atoms with Crippen LogP contribution in [-0.4, -0.2) is 16.3 Å². The number of nitrogens with zero attached hydrogens (tertiary/aromatic N) is 2. The van der Waals surface area contributed by atoms with Gasteiger partial charge < -0.3 is 5.11 Å². The standard InChI is InChI=1S/C4H2N2.C4H4O2S2/c5-3-1-2-4-6;5-4(6)3-1-2-7-8-3/h1-2H;1-3H,(H,5,6)/b2-1-;. The number of hydrogen-bond acceptors (Lipinski definition) is 5. The van der Waals surface area contributed by atoms with Crippen LogP contribution in [-0.2, 0) is 4.79 Å². The summed E-state index contributed by atoms with van der Waals surface area (Å²) < 4.78 is 0. The lowest BCUT2D eigenvalue weighted by molar-refractivity contribution is -0.135. The van der Waals surface area contributed by atoms with E-state index in [9.17, 15) is 4.79 Å². The van der Waals surface area contributed by atoms with Crippen molar-refractivity contribution in [2.45, 2.75) is 5.25 Å². The molecular formula is C8H6N2O2S2. The van der Waals surface area contributed by atoms with E-state index in [1.165, 1.54) is 21.6 Å². The van der Waals surface area contributed by atoms with E-state index in [1.54, 1.807) is 23.6 Å². The molecule has 0 saturated heterocycles. The highest BCUT2D eigenvalue weighted by atomic mass is 33.1. The van der Waals surface area contributed by atoms with E-state index in [-0.39, 0.29) is 5.25 Å². The second-order valence-electron chi connectivity index (χ2n) is 1.87. The van der Waals surface area contributed by atoms with Crippen LogP contribution in [0.3, 0.4) is 0 Å². The molecule has 1 atom stereocenters. The average Bonchev–Trinajstić information content (AvgIpc) is 2.68. The third-order valence-corrected chi connectivity index (χ3v) is 3.18. The van der Waals surface area contributed by atoms with Crippen molar-refractivity contribution in [1.82, 2.24) is 0 Å². The van der Waals surface area contributed by atoms with Crippen LogP contribution in [0.4, 0.5) is 0 Å². The van der Waals surface area contributed by atoms with E-state index < -0.39 is 5.97 Å². The molecule has 1 aliphatic rings. The third kappa shape index (κ3) is 6.18. The molecule has 1 aliphatic heterocycles. The highest BCUT2D eigenvalue weighted by Gasteiger charge is 2.17. The summed E-state index contributed by atoms with van der Waals surface area (Å²) in [5.41, 5.74) is 0. The first-order chi connectivity index (χ1) is 6.72. The maximum atomic E-state index is 10.1. The van der Waals surface area contributed by atoms with Crippen molar-refractivity contribution in [3.05, 3.63) is 23.6 Å². The van der Waals surface area contributed by atoms with Crippen LogP contribution < -0.4 is 0 Å². The predicted octanol–water partition coefficient (Wildman–Crippen LogP) is 1.94. The first-order valence-corrected chi connectivity index (χ1v) is 5.66. The van der Waals surface area contributed by atoms with Crippen molar-refractivity contribution in [3.63, 3.8) is 0 Å². The van der Waals surface area contributed by atoms with Crippen molar-refractivity contribution in [2.24, 2.45) is 0 Å². The molecule has 1 unspecified atom stereocenters. The molecule has 0 bridgehead atoms. The largest absolute Gasteiger partial charge is 0.480 e. The number of rotatable bonds is 1. The van der Waals surface area contributed by atoms with Crippen LogP contribution in [0, 0.1) is 22.7 Å².